The predicted molar refractivity (Wildman–Crippen MR) is 106 cm³/mol. The average molecular weight is 537 g/mol. The van der Waals surface area contributed by atoms with E-state index >= 15 is 0 Å². The monoisotopic (exact) mass is 537 g/mol. The van der Waals surface area contributed by atoms with E-state index in [2.05, 4.69) is 67.6 Å². The number of halogens is 2. The zero-order valence-electron chi connectivity index (χ0n) is 12.7. The van der Waals surface area contributed by atoms with E-state index in [9.17, 15) is 5.26 Å². The third-order valence-corrected chi connectivity index (χ3v) is 5.14. The summed E-state index contributed by atoms with van der Waals surface area (Å²) in [5.41, 5.74) is 2.27. The lowest BCUT2D eigenvalue weighted by Crippen LogP contribution is -2.02. The first-order valence-corrected chi connectivity index (χ1v) is 9.44. The molecule has 23 heavy (non-hydrogen) atoms. The minimum atomic E-state index is 0.209. The van der Waals surface area contributed by atoms with E-state index in [-0.39, 0.29) is 12.3 Å². The number of unbranched alkanes of at least 4 members (excludes halogenated alkanes) is 2. The highest BCUT2D eigenvalue weighted by Gasteiger charge is 2.17. The highest BCUT2D eigenvalue weighted by Crippen LogP contribution is 2.31. The summed E-state index contributed by atoms with van der Waals surface area (Å²) < 4.78 is 8.03. The van der Waals surface area contributed by atoms with Crippen LogP contribution in [0.15, 0.2) is 16.5 Å². The van der Waals surface area contributed by atoms with Crippen LogP contribution in [0.1, 0.15) is 30.5 Å². The van der Waals surface area contributed by atoms with Crippen LogP contribution in [0, 0.1) is 25.4 Å². The second-order valence-electron chi connectivity index (χ2n) is 5.08. The Kier molecular flexibility index (Phi) is 7.10. The molecule has 0 bridgehead atoms. The zero-order valence-corrected chi connectivity index (χ0v) is 17.0. The van der Waals surface area contributed by atoms with Crippen molar-refractivity contribution < 1.29 is 9.52 Å². The van der Waals surface area contributed by atoms with Crippen molar-refractivity contribution in [3.8, 4) is 17.5 Å². The van der Waals surface area contributed by atoms with E-state index in [1.807, 2.05) is 13.0 Å². The quantitative estimate of drug-likeness (QED) is 0.407. The van der Waals surface area contributed by atoms with Gasteiger partial charge in [-0.25, -0.2) is 0 Å². The minimum Gasteiger partial charge on any atom is -0.419 e. The van der Waals surface area contributed by atoms with Crippen LogP contribution in [0.4, 0.5) is 5.88 Å². The molecule has 7 heteroatoms. The predicted octanol–water partition coefficient (Wildman–Crippen LogP) is 4.31. The fraction of sp³-hybridized carbons (Fsp3) is 0.375. The van der Waals surface area contributed by atoms with Crippen LogP contribution in [-0.2, 0) is 0 Å². The topological polar surface area (TPSA) is 82.1 Å². The van der Waals surface area contributed by atoms with E-state index in [1.54, 1.807) is 0 Å². The molecule has 5 nitrogen and oxygen atoms in total. The smallest absolute Gasteiger partial charge is 0.232 e. The number of aliphatic hydroxyl groups excluding tert-OH is 1. The van der Waals surface area contributed by atoms with Gasteiger partial charge in [0.2, 0.25) is 17.5 Å². The van der Waals surface area contributed by atoms with E-state index < -0.39 is 0 Å². The molecule has 122 valence electrons. The maximum atomic E-state index is 9.25. The number of hydrogen-bond donors (Lipinski definition) is 2. The van der Waals surface area contributed by atoms with E-state index in [1.165, 1.54) is 0 Å². The van der Waals surface area contributed by atoms with Crippen LogP contribution in [0.25, 0.3) is 11.5 Å². The molecule has 0 aliphatic heterocycles. The summed E-state index contributed by atoms with van der Waals surface area (Å²) in [6, 6.07) is 6.18. The van der Waals surface area contributed by atoms with Crippen LogP contribution in [0.3, 0.4) is 0 Å². The summed E-state index contributed by atoms with van der Waals surface area (Å²) in [7, 11) is 0. The van der Waals surface area contributed by atoms with Crippen LogP contribution < -0.4 is 5.32 Å². The molecule has 0 saturated carbocycles. The Hall–Kier alpha value is -0.860. The third-order valence-electron chi connectivity index (χ3n) is 3.39. The highest BCUT2D eigenvalue weighted by molar-refractivity contribution is 14.1. The van der Waals surface area contributed by atoms with E-state index in [0.717, 1.165) is 37.5 Å². The molecule has 1 aromatic heterocycles. The van der Waals surface area contributed by atoms with Crippen molar-refractivity contribution in [2.45, 2.75) is 26.2 Å². The first-order chi connectivity index (χ1) is 11.1. The van der Waals surface area contributed by atoms with Crippen molar-refractivity contribution in [1.82, 2.24) is 4.98 Å². The van der Waals surface area contributed by atoms with Crippen LogP contribution in [0.5, 0.6) is 0 Å². The maximum absolute atomic E-state index is 9.25. The van der Waals surface area contributed by atoms with Gasteiger partial charge in [-0.15, -0.1) is 0 Å². The number of rotatable bonds is 7. The third kappa shape index (κ3) is 4.81. The van der Waals surface area contributed by atoms with Gasteiger partial charge in [0.15, 0.2) is 0 Å². The zero-order chi connectivity index (χ0) is 16.8. The van der Waals surface area contributed by atoms with Crippen LogP contribution >= 0.6 is 45.2 Å². The number of nitrogens with zero attached hydrogens (tertiary/aromatic N) is 2. The van der Waals surface area contributed by atoms with Gasteiger partial charge < -0.3 is 14.8 Å². The molecule has 2 aromatic rings. The summed E-state index contributed by atoms with van der Waals surface area (Å²) in [5.74, 6) is 0.883. The largest absolute Gasteiger partial charge is 0.419 e. The standard InChI is InChI=1S/C16H17I2N3O2/c1-10-12(7-11(17)8-13(10)18)15-21-14(9-19)16(23-15)20-5-3-2-4-6-22/h7-8,20,22H,2-6H2,1H3. The van der Waals surface area contributed by atoms with Gasteiger partial charge in [0, 0.05) is 25.9 Å². The van der Waals surface area contributed by atoms with Crippen LogP contribution in [0.2, 0.25) is 0 Å². The Bertz CT molecular complexity index is 723. The average Bonchev–Trinajstić information content (AvgIpc) is 2.93. The second kappa shape index (κ2) is 8.84. The molecule has 0 saturated heterocycles. The van der Waals surface area contributed by atoms with Crippen molar-refractivity contribution >= 4 is 51.1 Å². The second-order valence-corrected chi connectivity index (χ2v) is 7.49. The van der Waals surface area contributed by atoms with Crippen molar-refractivity contribution in [3.05, 3.63) is 30.5 Å². The Balaban J connectivity index is 2.21. The molecule has 1 aromatic carbocycles. The number of benzene rings is 1. The van der Waals surface area contributed by atoms with Crippen molar-refractivity contribution in [1.29, 1.82) is 5.26 Å². The van der Waals surface area contributed by atoms with Crippen molar-refractivity contribution in [2.24, 2.45) is 0 Å². The van der Waals surface area contributed by atoms with Gasteiger partial charge in [-0.05, 0) is 89.1 Å². The number of nitrogens with one attached hydrogen (secondary N) is 1. The van der Waals surface area contributed by atoms with E-state index in [4.69, 9.17) is 9.52 Å². The van der Waals surface area contributed by atoms with Gasteiger partial charge in [0.05, 0.1) is 0 Å². The molecule has 2 N–H and O–H groups in total. The molecule has 0 amide bonds. The summed E-state index contributed by atoms with van der Waals surface area (Å²) in [5, 5.41) is 21.1. The Morgan fingerprint density at radius 2 is 2.09 bits per heavy atom. The number of anilines is 1. The van der Waals surface area contributed by atoms with Gasteiger partial charge >= 0.3 is 0 Å². The minimum absolute atomic E-state index is 0.209. The number of aliphatic hydroxyl groups is 1. The van der Waals surface area contributed by atoms with Gasteiger partial charge in [0.1, 0.15) is 6.07 Å². The molecule has 0 aliphatic rings. The number of hydrogen-bond acceptors (Lipinski definition) is 5. The van der Waals surface area contributed by atoms with Gasteiger partial charge in [0.25, 0.3) is 0 Å². The molecule has 0 radical (unpaired) electrons. The fourth-order valence-electron chi connectivity index (χ4n) is 2.11. The molecule has 1 heterocycles. The molecule has 0 atom stereocenters. The number of oxazole rings is 1. The molecule has 0 spiro atoms. The summed E-state index contributed by atoms with van der Waals surface area (Å²) >= 11 is 4.55. The Morgan fingerprint density at radius 3 is 2.78 bits per heavy atom. The molecule has 0 unspecified atom stereocenters. The SMILES string of the molecule is Cc1c(I)cc(I)cc1-c1nc(C#N)c(NCCCCCO)o1. The molecule has 2 rings (SSSR count). The van der Waals surface area contributed by atoms with Crippen molar-refractivity contribution in [3.63, 3.8) is 0 Å². The van der Waals surface area contributed by atoms with Crippen molar-refractivity contribution in [2.75, 3.05) is 18.5 Å². The normalized spacial score (nSPS) is 10.6. The van der Waals surface area contributed by atoms with Crippen LogP contribution in [-0.4, -0.2) is 23.2 Å². The first-order valence-electron chi connectivity index (χ1n) is 7.28. The van der Waals surface area contributed by atoms with E-state index in [0.29, 0.717) is 18.3 Å². The Labute approximate surface area is 162 Å². The lowest BCUT2D eigenvalue weighted by Gasteiger charge is -2.05. The maximum Gasteiger partial charge on any atom is 0.232 e. The Morgan fingerprint density at radius 1 is 1.30 bits per heavy atom. The van der Waals surface area contributed by atoms with Gasteiger partial charge in [-0.2, -0.15) is 10.2 Å². The molecule has 0 fully saturated rings. The highest BCUT2D eigenvalue weighted by atomic mass is 127. The summed E-state index contributed by atoms with van der Waals surface area (Å²) in [6.45, 7) is 2.91. The summed E-state index contributed by atoms with van der Waals surface area (Å²) in [4.78, 5) is 4.32. The number of nitriles is 1. The first kappa shape index (κ1) is 18.5. The molecular formula is C16H17I2N3O2. The molecule has 0 aliphatic carbocycles. The van der Waals surface area contributed by atoms with Gasteiger partial charge in [-0.1, -0.05) is 0 Å². The summed E-state index contributed by atoms with van der Waals surface area (Å²) in [6.07, 6.45) is 2.62. The fourth-order valence-corrected chi connectivity index (χ4v) is 3.96. The molecular weight excluding hydrogens is 520 g/mol. The lowest BCUT2D eigenvalue weighted by atomic mass is 10.1. The van der Waals surface area contributed by atoms with Gasteiger partial charge in [-0.3, -0.25) is 0 Å². The number of aromatic nitrogens is 1. The lowest BCUT2D eigenvalue weighted by molar-refractivity contribution is 0.283.